The Hall–Kier alpha value is -2.86. The first-order valence-corrected chi connectivity index (χ1v) is 7.66. The number of benzene rings is 2. The molecule has 0 aliphatic heterocycles. The number of aromatic nitrogens is 2. The molecule has 124 valence electrons. The zero-order valence-corrected chi connectivity index (χ0v) is 13.7. The SMILES string of the molecule is COc1ccc(-[n+]2noc([O-])c2CNCc2ccc(C)cc2)cc1. The highest BCUT2D eigenvalue weighted by Crippen LogP contribution is 2.14. The lowest BCUT2D eigenvalue weighted by molar-refractivity contribution is -0.677. The van der Waals surface area contributed by atoms with Crippen LogP contribution in [0.5, 0.6) is 11.7 Å². The second kappa shape index (κ2) is 7.14. The third-order valence-electron chi connectivity index (χ3n) is 3.76. The molecular formula is C18H19N3O3. The highest BCUT2D eigenvalue weighted by molar-refractivity contribution is 5.31. The Labute approximate surface area is 140 Å². The Kier molecular flexibility index (Phi) is 4.77. The summed E-state index contributed by atoms with van der Waals surface area (Å²) in [6.45, 7) is 3.07. The fourth-order valence-corrected chi connectivity index (χ4v) is 2.37. The van der Waals surface area contributed by atoms with Crippen LogP contribution in [0.3, 0.4) is 0 Å². The van der Waals surface area contributed by atoms with Gasteiger partial charge in [-0.15, -0.1) is 0 Å². The summed E-state index contributed by atoms with van der Waals surface area (Å²) in [5.74, 6) is 0.298. The number of nitrogens with one attached hydrogen (secondary N) is 1. The molecule has 3 aromatic rings. The smallest absolute Gasteiger partial charge is 0.253 e. The van der Waals surface area contributed by atoms with Gasteiger partial charge in [0.15, 0.2) is 5.95 Å². The molecule has 0 atom stereocenters. The fourth-order valence-electron chi connectivity index (χ4n) is 2.37. The predicted molar refractivity (Wildman–Crippen MR) is 85.8 cm³/mol. The van der Waals surface area contributed by atoms with E-state index in [4.69, 9.17) is 9.26 Å². The molecule has 24 heavy (non-hydrogen) atoms. The second-order valence-electron chi connectivity index (χ2n) is 5.51. The zero-order valence-electron chi connectivity index (χ0n) is 13.7. The van der Waals surface area contributed by atoms with Gasteiger partial charge < -0.3 is 19.7 Å². The van der Waals surface area contributed by atoms with Crippen LogP contribution in [0.25, 0.3) is 5.69 Å². The van der Waals surface area contributed by atoms with Crippen molar-refractivity contribution in [2.24, 2.45) is 0 Å². The van der Waals surface area contributed by atoms with Gasteiger partial charge in [-0.2, -0.15) is 0 Å². The predicted octanol–water partition coefficient (Wildman–Crippen LogP) is 1.63. The molecule has 0 spiro atoms. The number of rotatable bonds is 6. The van der Waals surface area contributed by atoms with Crippen LogP contribution in [0.4, 0.5) is 0 Å². The first kappa shape index (κ1) is 16.0. The van der Waals surface area contributed by atoms with Gasteiger partial charge >= 0.3 is 0 Å². The van der Waals surface area contributed by atoms with Crippen molar-refractivity contribution in [1.29, 1.82) is 0 Å². The Morgan fingerprint density at radius 2 is 1.79 bits per heavy atom. The van der Waals surface area contributed by atoms with Gasteiger partial charge in [-0.1, -0.05) is 29.8 Å². The molecule has 0 amide bonds. The lowest BCUT2D eigenvalue weighted by Crippen LogP contribution is -2.38. The molecule has 1 N–H and O–H groups in total. The number of aryl methyl sites for hydroxylation is 1. The maximum Gasteiger partial charge on any atom is 0.253 e. The van der Waals surface area contributed by atoms with Gasteiger partial charge in [0.2, 0.25) is 5.69 Å². The fraction of sp³-hybridized carbons (Fsp3) is 0.222. The van der Waals surface area contributed by atoms with Crippen LogP contribution in [0, 0.1) is 6.92 Å². The molecule has 0 unspecified atom stereocenters. The van der Waals surface area contributed by atoms with E-state index in [1.54, 1.807) is 7.11 Å². The maximum atomic E-state index is 11.9. The van der Waals surface area contributed by atoms with Crippen LogP contribution < -0.4 is 19.8 Å². The van der Waals surface area contributed by atoms with E-state index in [1.165, 1.54) is 10.2 Å². The van der Waals surface area contributed by atoms with Crippen molar-refractivity contribution in [3.8, 4) is 17.4 Å². The first-order chi connectivity index (χ1) is 11.7. The average Bonchev–Trinajstić information content (AvgIpc) is 2.98. The van der Waals surface area contributed by atoms with Gasteiger partial charge in [-0.3, -0.25) is 0 Å². The molecule has 0 saturated carbocycles. The summed E-state index contributed by atoms with van der Waals surface area (Å²) >= 11 is 0. The van der Waals surface area contributed by atoms with Crippen molar-refractivity contribution in [1.82, 2.24) is 10.6 Å². The number of nitrogens with zero attached hydrogens (tertiary/aromatic N) is 2. The van der Waals surface area contributed by atoms with E-state index < -0.39 is 5.95 Å². The van der Waals surface area contributed by atoms with Gasteiger partial charge in [-0.25, -0.2) is 0 Å². The Morgan fingerprint density at radius 3 is 2.46 bits per heavy atom. The lowest BCUT2D eigenvalue weighted by atomic mass is 10.1. The Bertz CT molecular complexity index is 795. The molecule has 6 heteroatoms. The van der Waals surface area contributed by atoms with Gasteiger partial charge in [0.05, 0.1) is 18.9 Å². The summed E-state index contributed by atoms with van der Waals surface area (Å²) in [6.07, 6.45) is 0. The summed E-state index contributed by atoms with van der Waals surface area (Å²) in [7, 11) is 1.61. The van der Waals surface area contributed by atoms with Gasteiger partial charge in [0, 0.05) is 18.7 Å². The standard InChI is InChI=1S/C18H19N3O3/c1-13-3-5-14(6-4-13)11-19-12-17-18(22)24-20-21(17)15-7-9-16(23-2)10-8-15/h3-10,19H,11-12H2,1-2H3. The van der Waals surface area contributed by atoms with E-state index in [9.17, 15) is 5.11 Å². The second-order valence-corrected chi connectivity index (χ2v) is 5.51. The van der Waals surface area contributed by atoms with Crippen LogP contribution in [0.15, 0.2) is 53.1 Å². The largest absolute Gasteiger partial charge is 0.539 e. The van der Waals surface area contributed by atoms with E-state index in [1.807, 2.05) is 24.3 Å². The Balaban J connectivity index is 1.71. The van der Waals surface area contributed by atoms with Crippen LogP contribution >= 0.6 is 0 Å². The highest BCUT2D eigenvalue weighted by atomic mass is 16.6. The van der Waals surface area contributed by atoms with E-state index >= 15 is 0 Å². The number of hydrogen-bond acceptors (Lipinski definition) is 5. The van der Waals surface area contributed by atoms with Crippen molar-refractivity contribution < 1.29 is 19.0 Å². The minimum absolute atomic E-state index is 0.363. The van der Waals surface area contributed by atoms with E-state index in [0.717, 1.165) is 17.0 Å². The Morgan fingerprint density at radius 1 is 1.08 bits per heavy atom. The van der Waals surface area contributed by atoms with Crippen molar-refractivity contribution in [2.45, 2.75) is 20.0 Å². The third-order valence-corrected chi connectivity index (χ3v) is 3.76. The monoisotopic (exact) mass is 325 g/mol. The number of methoxy groups -OCH3 is 1. The molecule has 0 aliphatic rings. The highest BCUT2D eigenvalue weighted by Gasteiger charge is 2.19. The molecule has 0 fully saturated rings. The van der Waals surface area contributed by atoms with Crippen LogP contribution in [-0.2, 0) is 13.1 Å². The summed E-state index contributed by atoms with van der Waals surface area (Å²) in [5.41, 5.74) is 3.57. The minimum atomic E-state index is -0.442. The number of ether oxygens (including phenoxy) is 1. The van der Waals surface area contributed by atoms with Crippen LogP contribution in [-0.4, -0.2) is 12.4 Å². The van der Waals surface area contributed by atoms with Crippen molar-refractivity contribution >= 4 is 0 Å². The number of hydrogen-bond donors (Lipinski definition) is 1. The van der Waals surface area contributed by atoms with Crippen LogP contribution in [0.2, 0.25) is 0 Å². The molecule has 0 aliphatic carbocycles. The molecule has 0 radical (unpaired) electrons. The minimum Gasteiger partial charge on any atom is -0.539 e. The summed E-state index contributed by atoms with van der Waals surface area (Å²) < 4.78 is 11.5. The van der Waals surface area contributed by atoms with Crippen molar-refractivity contribution in [3.05, 3.63) is 65.4 Å². The molecular weight excluding hydrogens is 306 g/mol. The van der Waals surface area contributed by atoms with Crippen molar-refractivity contribution in [3.63, 3.8) is 0 Å². The molecule has 3 rings (SSSR count). The summed E-state index contributed by atoms with van der Waals surface area (Å²) in [5, 5.41) is 19.0. The summed E-state index contributed by atoms with van der Waals surface area (Å²) in [6, 6.07) is 15.5. The molecule has 0 saturated heterocycles. The van der Waals surface area contributed by atoms with Gasteiger partial charge in [-0.05, 0) is 29.3 Å². The molecule has 0 bridgehead atoms. The quantitative estimate of drug-likeness (QED) is 0.697. The maximum absolute atomic E-state index is 11.9. The normalized spacial score (nSPS) is 10.8. The lowest BCUT2D eigenvalue weighted by Gasteiger charge is -2.04. The zero-order chi connectivity index (χ0) is 16.9. The summed E-state index contributed by atoms with van der Waals surface area (Å²) in [4.78, 5) is 0. The molecule has 1 aromatic heterocycles. The van der Waals surface area contributed by atoms with Gasteiger partial charge in [0.1, 0.15) is 5.75 Å². The van der Waals surface area contributed by atoms with E-state index in [2.05, 4.69) is 41.8 Å². The average molecular weight is 325 g/mol. The topological polar surface area (TPSA) is 74.2 Å². The molecule has 2 aromatic carbocycles. The van der Waals surface area contributed by atoms with E-state index in [0.29, 0.717) is 18.8 Å². The molecule has 1 heterocycles. The van der Waals surface area contributed by atoms with Crippen molar-refractivity contribution in [2.75, 3.05) is 7.11 Å². The third kappa shape index (κ3) is 3.55. The van der Waals surface area contributed by atoms with Gasteiger partial charge in [0.25, 0.3) is 5.69 Å². The molecule has 6 nitrogen and oxygen atoms in total. The van der Waals surface area contributed by atoms with E-state index in [-0.39, 0.29) is 0 Å². The van der Waals surface area contributed by atoms with Crippen LogP contribution in [0.1, 0.15) is 16.8 Å². The first-order valence-electron chi connectivity index (χ1n) is 7.66.